The van der Waals surface area contributed by atoms with Crippen molar-refractivity contribution in [3.8, 4) is 0 Å². The Morgan fingerprint density at radius 1 is 1.12 bits per heavy atom. The molecule has 3 nitrogen and oxygen atoms in total. The SMILES string of the molecule is CC[N+](C)(CC)c1ccc(/C=N/N(C)C)cc1. The minimum Gasteiger partial charge on any atom is -0.303 e. The normalized spacial score (nSPS) is 12.1. The number of nitrogens with zero attached hydrogens (tertiary/aromatic N) is 3. The van der Waals surface area contributed by atoms with Crippen LogP contribution >= 0.6 is 0 Å². The molecule has 0 atom stereocenters. The second-order valence-electron chi connectivity index (χ2n) is 4.71. The van der Waals surface area contributed by atoms with E-state index in [1.54, 1.807) is 5.01 Å². The van der Waals surface area contributed by atoms with Crippen LogP contribution in [0, 0.1) is 0 Å². The second kappa shape index (κ2) is 5.82. The zero-order valence-corrected chi connectivity index (χ0v) is 11.6. The van der Waals surface area contributed by atoms with Gasteiger partial charge in [-0.2, -0.15) is 5.10 Å². The van der Waals surface area contributed by atoms with Gasteiger partial charge in [0.05, 0.1) is 26.4 Å². The molecule has 3 heteroatoms. The number of rotatable bonds is 5. The van der Waals surface area contributed by atoms with Gasteiger partial charge >= 0.3 is 0 Å². The van der Waals surface area contributed by atoms with E-state index in [4.69, 9.17) is 0 Å². The van der Waals surface area contributed by atoms with Crippen LogP contribution in [0.3, 0.4) is 0 Å². The van der Waals surface area contributed by atoms with E-state index < -0.39 is 0 Å². The molecule has 0 aliphatic rings. The van der Waals surface area contributed by atoms with Crippen LogP contribution in [-0.2, 0) is 0 Å². The number of hydrogen-bond donors (Lipinski definition) is 0. The summed E-state index contributed by atoms with van der Waals surface area (Å²) < 4.78 is 0.977. The first-order valence-electron chi connectivity index (χ1n) is 6.18. The number of hydrogen-bond acceptors (Lipinski definition) is 2. The van der Waals surface area contributed by atoms with Crippen LogP contribution in [0.25, 0.3) is 0 Å². The Bertz CT molecular complexity index is 362. The van der Waals surface area contributed by atoms with E-state index in [9.17, 15) is 0 Å². The third kappa shape index (κ3) is 3.56. The lowest BCUT2D eigenvalue weighted by atomic mass is 10.2. The van der Waals surface area contributed by atoms with Crippen LogP contribution in [0.1, 0.15) is 19.4 Å². The van der Waals surface area contributed by atoms with Crippen molar-refractivity contribution >= 4 is 11.9 Å². The van der Waals surface area contributed by atoms with Crippen LogP contribution in [0.5, 0.6) is 0 Å². The average Bonchev–Trinajstić information content (AvgIpc) is 2.36. The molecule has 0 N–H and O–H groups in total. The molecule has 1 aromatic carbocycles. The van der Waals surface area contributed by atoms with Crippen LogP contribution in [0.4, 0.5) is 5.69 Å². The quantitative estimate of drug-likeness (QED) is 0.434. The predicted octanol–water partition coefficient (Wildman–Crippen LogP) is 2.56. The highest BCUT2D eigenvalue weighted by Gasteiger charge is 2.19. The fourth-order valence-corrected chi connectivity index (χ4v) is 1.69. The van der Waals surface area contributed by atoms with Gasteiger partial charge in [0.25, 0.3) is 0 Å². The zero-order chi connectivity index (χ0) is 12.9. The van der Waals surface area contributed by atoms with E-state index in [1.807, 2.05) is 20.3 Å². The molecule has 0 amide bonds. The van der Waals surface area contributed by atoms with Gasteiger partial charge in [0.1, 0.15) is 5.69 Å². The number of quaternary nitrogens is 1. The van der Waals surface area contributed by atoms with Crippen LogP contribution in [-0.4, -0.2) is 45.5 Å². The van der Waals surface area contributed by atoms with Gasteiger partial charge in [0, 0.05) is 14.1 Å². The summed E-state index contributed by atoms with van der Waals surface area (Å²) >= 11 is 0. The average molecular weight is 234 g/mol. The third-order valence-corrected chi connectivity index (χ3v) is 3.35. The van der Waals surface area contributed by atoms with E-state index in [2.05, 4.69) is 50.3 Å². The van der Waals surface area contributed by atoms with E-state index in [1.165, 1.54) is 5.69 Å². The fourth-order valence-electron chi connectivity index (χ4n) is 1.69. The molecule has 0 aliphatic heterocycles. The summed E-state index contributed by atoms with van der Waals surface area (Å²) in [5.74, 6) is 0. The van der Waals surface area contributed by atoms with Gasteiger partial charge in [-0.25, -0.2) is 0 Å². The Hall–Kier alpha value is -1.35. The molecule has 0 bridgehead atoms. The summed E-state index contributed by atoms with van der Waals surface area (Å²) in [4.78, 5) is 0. The van der Waals surface area contributed by atoms with Crippen molar-refractivity contribution < 1.29 is 0 Å². The Labute approximate surface area is 105 Å². The van der Waals surface area contributed by atoms with Gasteiger partial charge in [-0.05, 0) is 43.7 Å². The largest absolute Gasteiger partial charge is 0.303 e. The van der Waals surface area contributed by atoms with Gasteiger partial charge in [0.15, 0.2) is 0 Å². The molecule has 0 heterocycles. The lowest BCUT2D eigenvalue weighted by molar-refractivity contribution is 0.365. The maximum Gasteiger partial charge on any atom is 0.132 e. The Kier molecular flexibility index (Phi) is 4.70. The molecule has 1 aromatic rings. The summed E-state index contributed by atoms with van der Waals surface area (Å²) in [5.41, 5.74) is 2.50. The van der Waals surface area contributed by atoms with Crippen LogP contribution in [0.15, 0.2) is 29.4 Å². The molecule has 0 fully saturated rings. The van der Waals surface area contributed by atoms with E-state index in [-0.39, 0.29) is 0 Å². The van der Waals surface area contributed by atoms with E-state index in [0.717, 1.165) is 23.1 Å². The molecule has 0 saturated carbocycles. The maximum absolute atomic E-state index is 4.23. The first-order chi connectivity index (χ1) is 8.01. The Balaban J connectivity index is 2.88. The van der Waals surface area contributed by atoms with Crippen LogP contribution < -0.4 is 4.48 Å². The van der Waals surface area contributed by atoms with Crippen molar-refractivity contribution in [3.05, 3.63) is 29.8 Å². The van der Waals surface area contributed by atoms with E-state index >= 15 is 0 Å². The Morgan fingerprint density at radius 2 is 1.65 bits per heavy atom. The van der Waals surface area contributed by atoms with Crippen LogP contribution in [0.2, 0.25) is 0 Å². The van der Waals surface area contributed by atoms with Crippen molar-refractivity contribution in [2.24, 2.45) is 5.10 Å². The topological polar surface area (TPSA) is 15.6 Å². The van der Waals surface area contributed by atoms with Crippen molar-refractivity contribution in [3.63, 3.8) is 0 Å². The standard InChI is InChI=1S/C14H24N3/c1-6-17(5,7-2)14-10-8-13(9-11-14)12-15-16(3)4/h8-12H,6-7H2,1-5H3/q+1/b15-12+. The van der Waals surface area contributed by atoms with Gasteiger partial charge in [-0.3, -0.25) is 4.48 Å². The van der Waals surface area contributed by atoms with Gasteiger partial charge in [0.2, 0.25) is 0 Å². The fraction of sp³-hybridized carbons (Fsp3) is 0.500. The highest BCUT2D eigenvalue weighted by atomic mass is 15.4. The molecule has 17 heavy (non-hydrogen) atoms. The molecule has 0 aromatic heterocycles. The van der Waals surface area contributed by atoms with Gasteiger partial charge in [-0.1, -0.05) is 0 Å². The smallest absolute Gasteiger partial charge is 0.132 e. The first-order valence-corrected chi connectivity index (χ1v) is 6.18. The third-order valence-electron chi connectivity index (χ3n) is 3.35. The molecule has 94 valence electrons. The first kappa shape index (κ1) is 13.7. The second-order valence-corrected chi connectivity index (χ2v) is 4.71. The molecule has 0 spiro atoms. The maximum atomic E-state index is 4.23. The van der Waals surface area contributed by atoms with E-state index in [0.29, 0.717) is 0 Å². The highest BCUT2D eigenvalue weighted by Crippen LogP contribution is 2.20. The van der Waals surface area contributed by atoms with Crippen molar-refractivity contribution in [1.29, 1.82) is 0 Å². The molecule has 0 unspecified atom stereocenters. The highest BCUT2D eigenvalue weighted by molar-refractivity contribution is 5.79. The monoisotopic (exact) mass is 234 g/mol. The lowest BCUT2D eigenvalue weighted by Gasteiger charge is -2.31. The number of hydrazone groups is 1. The molecule has 0 aliphatic carbocycles. The summed E-state index contributed by atoms with van der Waals surface area (Å²) in [6.07, 6.45) is 1.88. The number of benzene rings is 1. The predicted molar refractivity (Wildman–Crippen MR) is 76.5 cm³/mol. The summed E-state index contributed by atoms with van der Waals surface area (Å²) in [6, 6.07) is 8.66. The van der Waals surface area contributed by atoms with Gasteiger partial charge < -0.3 is 5.01 Å². The minimum absolute atomic E-state index is 0.977. The summed E-state index contributed by atoms with van der Waals surface area (Å²) in [5, 5.41) is 6.03. The van der Waals surface area contributed by atoms with Crippen molar-refractivity contribution in [2.45, 2.75) is 13.8 Å². The minimum atomic E-state index is 0.977. The Morgan fingerprint density at radius 3 is 2.06 bits per heavy atom. The lowest BCUT2D eigenvalue weighted by Crippen LogP contribution is -2.44. The zero-order valence-electron chi connectivity index (χ0n) is 11.6. The molecule has 0 radical (unpaired) electrons. The van der Waals surface area contributed by atoms with Gasteiger partial charge in [-0.15, -0.1) is 0 Å². The van der Waals surface area contributed by atoms with Crippen molar-refractivity contribution in [2.75, 3.05) is 34.2 Å². The van der Waals surface area contributed by atoms with Crippen molar-refractivity contribution in [1.82, 2.24) is 9.49 Å². The summed E-state index contributed by atoms with van der Waals surface area (Å²) in [6.45, 7) is 6.68. The molecule has 1 rings (SSSR count). The molecular weight excluding hydrogens is 210 g/mol. The summed E-state index contributed by atoms with van der Waals surface area (Å²) in [7, 11) is 6.11. The molecule has 0 saturated heterocycles. The molecular formula is C14H24N3+.